The fraction of sp³-hybridized carbons (Fsp3) is 0.333. The van der Waals surface area contributed by atoms with Crippen molar-refractivity contribution in [3.8, 4) is 0 Å². The van der Waals surface area contributed by atoms with Crippen LogP contribution in [-0.4, -0.2) is 24.4 Å². The van der Waals surface area contributed by atoms with Crippen molar-refractivity contribution < 1.29 is 8.42 Å². The van der Waals surface area contributed by atoms with Crippen LogP contribution in [-0.2, 0) is 16.6 Å². The van der Waals surface area contributed by atoms with Gasteiger partial charge in [-0.05, 0) is 12.1 Å². The number of thiophene rings is 1. The van der Waals surface area contributed by atoms with Gasteiger partial charge in [-0.15, -0.1) is 11.3 Å². The highest BCUT2D eigenvalue weighted by molar-refractivity contribution is 7.92. The quantitative estimate of drug-likeness (QED) is 0.850. The van der Waals surface area contributed by atoms with E-state index in [1.807, 2.05) is 13.8 Å². The van der Waals surface area contributed by atoms with Crippen LogP contribution in [0.1, 0.15) is 18.7 Å². The molecule has 0 radical (unpaired) electrons. The molecule has 0 aliphatic carbocycles. The maximum Gasteiger partial charge on any atom is 0.265 e. The molecule has 2 rings (SSSR count). The molecule has 2 N–H and O–H groups in total. The van der Waals surface area contributed by atoms with Gasteiger partial charge in [-0.3, -0.25) is 0 Å². The summed E-state index contributed by atoms with van der Waals surface area (Å²) >= 11 is 1.41. The molecule has 0 spiro atoms. The summed E-state index contributed by atoms with van der Waals surface area (Å²) < 4.78 is 26.6. The number of nitrogens with one attached hydrogen (secondary N) is 2. The molecule has 0 aliphatic rings. The third-order valence-electron chi connectivity index (χ3n) is 2.42. The van der Waals surface area contributed by atoms with Crippen LogP contribution in [0.15, 0.2) is 34.8 Å². The first kappa shape index (κ1) is 14.9. The van der Waals surface area contributed by atoms with Gasteiger partial charge in [0.05, 0.1) is 4.90 Å². The predicted molar refractivity (Wildman–Crippen MR) is 79.1 cm³/mol. The van der Waals surface area contributed by atoms with Gasteiger partial charge in [-0.2, -0.15) is 0 Å². The predicted octanol–water partition coefficient (Wildman–Crippen LogP) is 1.84. The fourth-order valence-corrected chi connectivity index (χ4v) is 3.61. The zero-order valence-corrected chi connectivity index (χ0v) is 12.8. The number of nitrogens with zero attached hydrogens (tertiary/aromatic N) is 2. The average Bonchev–Trinajstić information content (AvgIpc) is 2.86. The van der Waals surface area contributed by atoms with Crippen LogP contribution in [0.25, 0.3) is 0 Å². The van der Waals surface area contributed by atoms with Crippen LogP contribution in [0, 0.1) is 0 Å². The molecule has 0 atom stereocenters. The van der Waals surface area contributed by atoms with Gasteiger partial charge in [-0.25, -0.2) is 23.1 Å². The minimum atomic E-state index is -3.62. The second-order valence-corrected chi connectivity index (χ2v) is 7.14. The third kappa shape index (κ3) is 3.99. The molecule has 2 heterocycles. The number of aromatic nitrogens is 2. The van der Waals surface area contributed by atoms with E-state index >= 15 is 0 Å². The van der Waals surface area contributed by atoms with E-state index in [0.717, 1.165) is 4.88 Å². The SMILES string of the molecule is CC(C)NCc1cc(S(=O)(=O)Nc2ncccn2)cs1. The van der Waals surface area contributed by atoms with Crippen molar-refractivity contribution in [2.75, 3.05) is 4.72 Å². The Morgan fingerprint density at radius 1 is 1.30 bits per heavy atom. The monoisotopic (exact) mass is 312 g/mol. The molecule has 6 nitrogen and oxygen atoms in total. The molecule has 20 heavy (non-hydrogen) atoms. The Labute approximate surface area is 122 Å². The molecule has 0 aromatic carbocycles. The number of hydrogen-bond donors (Lipinski definition) is 2. The van der Waals surface area contributed by atoms with Gasteiger partial charge < -0.3 is 5.32 Å². The second kappa shape index (κ2) is 6.29. The first-order valence-electron chi connectivity index (χ1n) is 6.08. The number of sulfonamides is 1. The van der Waals surface area contributed by atoms with Crippen LogP contribution in [0.3, 0.4) is 0 Å². The molecular formula is C12H16N4O2S2. The van der Waals surface area contributed by atoms with Gasteiger partial charge in [0.1, 0.15) is 0 Å². The Morgan fingerprint density at radius 3 is 2.65 bits per heavy atom. The van der Waals surface area contributed by atoms with Crippen molar-refractivity contribution in [3.63, 3.8) is 0 Å². The summed E-state index contributed by atoms with van der Waals surface area (Å²) in [7, 11) is -3.62. The van der Waals surface area contributed by atoms with E-state index in [4.69, 9.17) is 0 Å². The van der Waals surface area contributed by atoms with E-state index < -0.39 is 10.0 Å². The summed E-state index contributed by atoms with van der Waals surface area (Å²) in [6.07, 6.45) is 2.97. The Kier molecular flexibility index (Phi) is 4.69. The average molecular weight is 312 g/mol. The molecule has 0 bridgehead atoms. The van der Waals surface area contributed by atoms with Gasteiger partial charge in [0, 0.05) is 35.2 Å². The molecule has 0 unspecified atom stereocenters. The molecule has 0 amide bonds. The zero-order chi connectivity index (χ0) is 14.6. The fourth-order valence-electron chi connectivity index (χ4n) is 1.43. The summed E-state index contributed by atoms with van der Waals surface area (Å²) in [5.74, 6) is 0.0700. The Bertz CT molecular complexity index is 653. The van der Waals surface area contributed by atoms with Crippen molar-refractivity contribution >= 4 is 27.3 Å². The normalized spacial score (nSPS) is 11.8. The van der Waals surface area contributed by atoms with E-state index in [2.05, 4.69) is 20.0 Å². The molecule has 0 saturated carbocycles. The summed E-state index contributed by atoms with van der Waals surface area (Å²) in [6.45, 7) is 4.73. The van der Waals surface area contributed by atoms with E-state index in [-0.39, 0.29) is 10.8 Å². The first-order chi connectivity index (χ1) is 9.47. The third-order valence-corrected chi connectivity index (χ3v) is 4.81. The maximum absolute atomic E-state index is 12.1. The maximum atomic E-state index is 12.1. The van der Waals surface area contributed by atoms with E-state index in [9.17, 15) is 8.42 Å². The Morgan fingerprint density at radius 2 is 2.00 bits per heavy atom. The highest BCUT2D eigenvalue weighted by atomic mass is 32.2. The van der Waals surface area contributed by atoms with Gasteiger partial charge in [-0.1, -0.05) is 13.8 Å². The van der Waals surface area contributed by atoms with Gasteiger partial charge in [0.15, 0.2) is 0 Å². The Hall–Kier alpha value is -1.51. The highest BCUT2D eigenvalue weighted by Gasteiger charge is 2.17. The summed E-state index contributed by atoms with van der Waals surface area (Å²) in [5.41, 5.74) is 0. The Balaban J connectivity index is 2.10. The summed E-state index contributed by atoms with van der Waals surface area (Å²) in [4.78, 5) is 8.89. The lowest BCUT2D eigenvalue weighted by molar-refractivity contribution is 0.592. The largest absolute Gasteiger partial charge is 0.310 e. The number of anilines is 1. The van der Waals surface area contributed by atoms with Crippen LogP contribution in [0.5, 0.6) is 0 Å². The van der Waals surface area contributed by atoms with Crippen LogP contribution in [0.2, 0.25) is 0 Å². The van der Waals surface area contributed by atoms with E-state index in [0.29, 0.717) is 12.6 Å². The van der Waals surface area contributed by atoms with E-state index in [1.54, 1.807) is 17.5 Å². The molecule has 0 aliphatic heterocycles. The smallest absolute Gasteiger partial charge is 0.265 e. The van der Waals surface area contributed by atoms with Crippen molar-refractivity contribution in [3.05, 3.63) is 34.8 Å². The molecular weight excluding hydrogens is 296 g/mol. The van der Waals surface area contributed by atoms with Crippen molar-refractivity contribution in [1.29, 1.82) is 0 Å². The summed E-state index contributed by atoms with van der Waals surface area (Å²) in [6, 6.07) is 3.64. The zero-order valence-electron chi connectivity index (χ0n) is 11.2. The van der Waals surface area contributed by atoms with E-state index in [1.165, 1.54) is 23.7 Å². The number of rotatable bonds is 6. The van der Waals surface area contributed by atoms with Crippen LogP contribution in [0.4, 0.5) is 5.95 Å². The molecule has 2 aromatic rings. The second-order valence-electron chi connectivity index (χ2n) is 4.46. The lowest BCUT2D eigenvalue weighted by Gasteiger charge is -2.05. The first-order valence-corrected chi connectivity index (χ1v) is 8.44. The van der Waals surface area contributed by atoms with Crippen LogP contribution < -0.4 is 10.0 Å². The molecule has 108 valence electrons. The van der Waals surface area contributed by atoms with Gasteiger partial charge in [0.25, 0.3) is 10.0 Å². The molecule has 8 heteroatoms. The highest BCUT2D eigenvalue weighted by Crippen LogP contribution is 2.20. The number of hydrogen-bond acceptors (Lipinski definition) is 6. The van der Waals surface area contributed by atoms with Crippen molar-refractivity contribution in [2.24, 2.45) is 0 Å². The van der Waals surface area contributed by atoms with Crippen molar-refractivity contribution in [1.82, 2.24) is 15.3 Å². The van der Waals surface area contributed by atoms with Crippen molar-refractivity contribution in [2.45, 2.75) is 31.3 Å². The standard InChI is InChI=1S/C12H16N4O2S2/c1-9(2)15-7-10-6-11(8-19-10)20(17,18)16-12-13-4-3-5-14-12/h3-6,8-9,15H,7H2,1-2H3,(H,13,14,16). The van der Waals surface area contributed by atoms with Crippen LogP contribution >= 0.6 is 11.3 Å². The summed E-state index contributed by atoms with van der Waals surface area (Å²) in [5, 5.41) is 4.86. The minimum absolute atomic E-state index is 0.0700. The van der Waals surface area contributed by atoms with Gasteiger partial charge >= 0.3 is 0 Å². The molecule has 0 fully saturated rings. The van der Waals surface area contributed by atoms with Gasteiger partial charge in [0.2, 0.25) is 5.95 Å². The minimum Gasteiger partial charge on any atom is -0.310 e. The lowest BCUT2D eigenvalue weighted by atomic mass is 10.4. The molecule has 2 aromatic heterocycles. The lowest BCUT2D eigenvalue weighted by Crippen LogP contribution is -2.21. The molecule has 0 saturated heterocycles. The topological polar surface area (TPSA) is 84.0 Å².